The Hall–Kier alpha value is -2.69. The highest BCUT2D eigenvalue weighted by molar-refractivity contribution is 7.99. The number of para-hydroxylation sites is 2. The maximum absolute atomic E-state index is 13.4. The van der Waals surface area contributed by atoms with Crippen molar-refractivity contribution >= 4 is 33.4 Å². The molecule has 1 saturated carbocycles. The van der Waals surface area contributed by atoms with Gasteiger partial charge in [-0.1, -0.05) is 61.4 Å². The molecule has 2 aromatic carbocycles. The molecule has 180 valence electrons. The molecular weight excluding hydrogens is 470 g/mol. The number of anilines is 1. The van der Waals surface area contributed by atoms with Crippen LogP contribution < -0.4 is 5.32 Å². The number of nitrogens with zero attached hydrogens (tertiary/aromatic N) is 4. The van der Waals surface area contributed by atoms with Crippen LogP contribution >= 0.6 is 11.8 Å². The lowest BCUT2D eigenvalue weighted by Crippen LogP contribution is -2.38. The number of rotatable bonds is 8. The van der Waals surface area contributed by atoms with Gasteiger partial charge in [0, 0.05) is 18.8 Å². The van der Waals surface area contributed by atoms with E-state index in [2.05, 4.69) is 15.5 Å². The number of nitrogens with one attached hydrogen (secondary N) is 1. The first-order chi connectivity index (χ1) is 16.4. The topological polar surface area (TPSA) is 97.2 Å². The molecule has 0 aliphatic heterocycles. The summed E-state index contributed by atoms with van der Waals surface area (Å²) in [6, 6.07) is 16.2. The Balaban J connectivity index is 1.47. The number of hydrogen-bond acceptors (Lipinski definition) is 6. The molecule has 1 N–H and O–H groups in total. The van der Waals surface area contributed by atoms with Gasteiger partial charge < -0.3 is 5.32 Å². The van der Waals surface area contributed by atoms with Gasteiger partial charge in [-0.2, -0.15) is 4.31 Å². The second kappa shape index (κ2) is 10.7. The molecule has 0 unspecified atom stereocenters. The Morgan fingerprint density at radius 2 is 1.74 bits per heavy atom. The molecule has 1 aliphatic carbocycles. The first-order valence-electron chi connectivity index (χ1n) is 11.3. The van der Waals surface area contributed by atoms with Crippen LogP contribution in [0, 0.1) is 6.92 Å². The standard InChI is InChI=1S/C24H29N5O3S2/c1-18-26-27-24(29(18)20-13-7-4-8-14-20)33-17-23(30)25-21-15-9-10-16-22(21)34(31,32)28(2)19-11-5-3-6-12-19/h4,7-10,13-16,19H,3,5-6,11-12,17H2,1-2H3,(H,25,30). The van der Waals surface area contributed by atoms with E-state index in [1.807, 2.05) is 41.8 Å². The van der Waals surface area contributed by atoms with E-state index in [1.165, 1.54) is 16.1 Å². The number of carbonyl (C=O) groups is 1. The summed E-state index contributed by atoms with van der Waals surface area (Å²) in [4.78, 5) is 12.9. The molecule has 0 atom stereocenters. The molecule has 10 heteroatoms. The van der Waals surface area contributed by atoms with Gasteiger partial charge in [-0.05, 0) is 44.0 Å². The second-order valence-electron chi connectivity index (χ2n) is 8.35. The van der Waals surface area contributed by atoms with Gasteiger partial charge in [0.1, 0.15) is 10.7 Å². The van der Waals surface area contributed by atoms with E-state index in [1.54, 1.807) is 31.3 Å². The number of benzene rings is 2. The van der Waals surface area contributed by atoms with Crippen LogP contribution in [0.3, 0.4) is 0 Å². The minimum Gasteiger partial charge on any atom is -0.324 e. The smallest absolute Gasteiger partial charge is 0.245 e. The van der Waals surface area contributed by atoms with Crippen molar-refractivity contribution in [3.8, 4) is 5.69 Å². The monoisotopic (exact) mass is 499 g/mol. The van der Waals surface area contributed by atoms with E-state index in [4.69, 9.17) is 0 Å². The number of thioether (sulfide) groups is 1. The highest BCUT2D eigenvalue weighted by Gasteiger charge is 2.31. The van der Waals surface area contributed by atoms with Crippen molar-refractivity contribution in [1.29, 1.82) is 0 Å². The summed E-state index contributed by atoms with van der Waals surface area (Å²) in [6.45, 7) is 1.86. The molecule has 1 fully saturated rings. The first-order valence-corrected chi connectivity index (χ1v) is 13.8. The fourth-order valence-corrected chi connectivity index (χ4v) is 6.58. The largest absolute Gasteiger partial charge is 0.324 e. The average Bonchev–Trinajstić information content (AvgIpc) is 3.23. The zero-order valence-electron chi connectivity index (χ0n) is 19.3. The minimum absolute atomic E-state index is 0.00866. The molecule has 8 nitrogen and oxygen atoms in total. The molecule has 0 saturated heterocycles. The van der Waals surface area contributed by atoms with Crippen LogP contribution in [0.2, 0.25) is 0 Å². The summed E-state index contributed by atoms with van der Waals surface area (Å²) in [5.74, 6) is 0.474. The van der Waals surface area contributed by atoms with Crippen LogP contribution in [-0.4, -0.2) is 52.2 Å². The van der Waals surface area contributed by atoms with Crippen LogP contribution in [-0.2, 0) is 14.8 Å². The van der Waals surface area contributed by atoms with E-state index in [9.17, 15) is 13.2 Å². The zero-order chi connectivity index (χ0) is 24.1. The molecule has 1 aromatic heterocycles. The third-order valence-electron chi connectivity index (χ3n) is 6.05. The highest BCUT2D eigenvalue weighted by atomic mass is 32.2. The summed E-state index contributed by atoms with van der Waals surface area (Å²) in [5, 5.41) is 11.7. The molecule has 0 radical (unpaired) electrons. The number of hydrogen-bond donors (Lipinski definition) is 1. The molecule has 1 heterocycles. The van der Waals surface area contributed by atoms with Crippen molar-refractivity contribution < 1.29 is 13.2 Å². The predicted molar refractivity (Wildman–Crippen MR) is 134 cm³/mol. The predicted octanol–water partition coefficient (Wildman–Crippen LogP) is 4.26. The second-order valence-corrected chi connectivity index (χ2v) is 11.3. The third kappa shape index (κ3) is 5.34. The van der Waals surface area contributed by atoms with Crippen molar-refractivity contribution in [2.45, 2.75) is 55.1 Å². The van der Waals surface area contributed by atoms with Gasteiger partial charge in [-0.15, -0.1) is 10.2 Å². The van der Waals surface area contributed by atoms with Gasteiger partial charge in [0.25, 0.3) is 0 Å². The Morgan fingerprint density at radius 1 is 1.06 bits per heavy atom. The lowest BCUT2D eigenvalue weighted by Gasteiger charge is -2.30. The third-order valence-corrected chi connectivity index (χ3v) is 8.95. The fraction of sp³-hybridized carbons (Fsp3) is 0.375. The molecule has 34 heavy (non-hydrogen) atoms. The normalized spacial score (nSPS) is 14.9. The van der Waals surface area contributed by atoms with Gasteiger partial charge in [-0.3, -0.25) is 9.36 Å². The maximum atomic E-state index is 13.4. The van der Waals surface area contributed by atoms with E-state index in [-0.39, 0.29) is 28.3 Å². The van der Waals surface area contributed by atoms with Gasteiger partial charge in [0.05, 0.1) is 11.4 Å². The van der Waals surface area contributed by atoms with Crippen LogP contribution in [0.1, 0.15) is 37.9 Å². The van der Waals surface area contributed by atoms with E-state index in [0.717, 1.165) is 43.6 Å². The average molecular weight is 500 g/mol. The number of aryl methyl sites for hydroxylation is 1. The van der Waals surface area contributed by atoms with Gasteiger partial charge >= 0.3 is 0 Å². The molecule has 0 spiro atoms. The minimum atomic E-state index is -3.74. The van der Waals surface area contributed by atoms with Crippen molar-refractivity contribution in [2.75, 3.05) is 18.1 Å². The lowest BCUT2D eigenvalue weighted by atomic mass is 9.96. The number of sulfonamides is 1. The summed E-state index contributed by atoms with van der Waals surface area (Å²) in [5.41, 5.74) is 1.20. The number of aromatic nitrogens is 3. The van der Waals surface area contributed by atoms with Crippen molar-refractivity contribution in [3.05, 3.63) is 60.4 Å². The summed E-state index contributed by atoms with van der Waals surface area (Å²) >= 11 is 1.25. The Labute approximate surface area is 204 Å². The molecule has 1 amide bonds. The Bertz CT molecular complexity index is 1240. The Morgan fingerprint density at radius 3 is 2.47 bits per heavy atom. The molecule has 0 bridgehead atoms. The molecule has 3 aromatic rings. The SMILES string of the molecule is Cc1nnc(SCC(=O)Nc2ccccc2S(=O)(=O)N(C)C2CCCCC2)n1-c1ccccc1. The van der Waals surface area contributed by atoms with Gasteiger partial charge in [0.2, 0.25) is 15.9 Å². The summed E-state index contributed by atoms with van der Waals surface area (Å²) in [6.07, 6.45) is 4.94. The maximum Gasteiger partial charge on any atom is 0.245 e. The van der Waals surface area contributed by atoms with E-state index < -0.39 is 10.0 Å². The molecule has 4 rings (SSSR count). The van der Waals surface area contributed by atoms with Crippen molar-refractivity contribution in [1.82, 2.24) is 19.1 Å². The van der Waals surface area contributed by atoms with Crippen molar-refractivity contribution in [2.24, 2.45) is 0 Å². The molecular formula is C24H29N5O3S2. The van der Waals surface area contributed by atoms with Crippen LogP contribution in [0.5, 0.6) is 0 Å². The summed E-state index contributed by atoms with van der Waals surface area (Å²) in [7, 11) is -2.10. The number of amides is 1. The van der Waals surface area contributed by atoms with Gasteiger partial charge in [0.15, 0.2) is 5.16 Å². The highest BCUT2D eigenvalue weighted by Crippen LogP contribution is 2.30. The lowest BCUT2D eigenvalue weighted by molar-refractivity contribution is -0.113. The van der Waals surface area contributed by atoms with E-state index >= 15 is 0 Å². The quantitative estimate of drug-likeness (QED) is 0.465. The summed E-state index contributed by atoms with van der Waals surface area (Å²) < 4.78 is 30.1. The van der Waals surface area contributed by atoms with Crippen LogP contribution in [0.4, 0.5) is 5.69 Å². The van der Waals surface area contributed by atoms with Crippen LogP contribution in [0.25, 0.3) is 5.69 Å². The first kappa shape index (κ1) is 24.4. The molecule has 1 aliphatic rings. The van der Waals surface area contributed by atoms with Gasteiger partial charge in [-0.25, -0.2) is 8.42 Å². The zero-order valence-corrected chi connectivity index (χ0v) is 21.0. The number of carbonyl (C=O) groups excluding carboxylic acids is 1. The fourth-order valence-electron chi connectivity index (χ4n) is 4.22. The Kier molecular flexibility index (Phi) is 7.70. The van der Waals surface area contributed by atoms with E-state index in [0.29, 0.717) is 5.16 Å². The van der Waals surface area contributed by atoms with Crippen LogP contribution in [0.15, 0.2) is 64.6 Å². The van der Waals surface area contributed by atoms with Crippen molar-refractivity contribution in [3.63, 3.8) is 0 Å².